The Bertz CT molecular complexity index is 343. The Balaban J connectivity index is 2.40. The summed E-state index contributed by atoms with van der Waals surface area (Å²) in [7, 11) is 0. The SMILES string of the molecule is CC(CNC(=O)NC1(CC(=O)O)CCC1)C(C)(C)C. The molecule has 5 heteroatoms. The smallest absolute Gasteiger partial charge is 0.315 e. The van der Waals surface area contributed by atoms with Crippen LogP contribution in [-0.4, -0.2) is 29.2 Å². The molecule has 1 aliphatic carbocycles. The van der Waals surface area contributed by atoms with Gasteiger partial charge in [-0.25, -0.2) is 4.79 Å². The third kappa shape index (κ3) is 4.73. The van der Waals surface area contributed by atoms with Gasteiger partial charge in [0.15, 0.2) is 0 Å². The van der Waals surface area contributed by atoms with Crippen LogP contribution in [0.5, 0.6) is 0 Å². The largest absolute Gasteiger partial charge is 0.481 e. The van der Waals surface area contributed by atoms with E-state index in [9.17, 15) is 9.59 Å². The first-order valence-corrected chi connectivity index (χ1v) is 6.92. The maximum Gasteiger partial charge on any atom is 0.315 e. The fraction of sp³-hybridized carbons (Fsp3) is 0.857. The summed E-state index contributed by atoms with van der Waals surface area (Å²) in [5, 5.41) is 14.6. The van der Waals surface area contributed by atoms with Crippen molar-refractivity contribution in [3.63, 3.8) is 0 Å². The van der Waals surface area contributed by atoms with Crippen molar-refractivity contribution in [2.45, 2.75) is 58.9 Å². The number of amides is 2. The Labute approximate surface area is 115 Å². The van der Waals surface area contributed by atoms with Crippen LogP contribution < -0.4 is 10.6 Å². The van der Waals surface area contributed by atoms with Crippen molar-refractivity contribution in [2.75, 3.05) is 6.54 Å². The van der Waals surface area contributed by atoms with E-state index in [2.05, 4.69) is 38.3 Å². The van der Waals surface area contributed by atoms with Gasteiger partial charge in [0.05, 0.1) is 12.0 Å². The van der Waals surface area contributed by atoms with E-state index in [0.29, 0.717) is 12.5 Å². The maximum atomic E-state index is 11.8. The molecule has 0 aromatic carbocycles. The van der Waals surface area contributed by atoms with E-state index in [-0.39, 0.29) is 17.9 Å². The average molecular weight is 270 g/mol. The first kappa shape index (κ1) is 15.8. The third-order valence-electron chi connectivity index (χ3n) is 4.23. The summed E-state index contributed by atoms with van der Waals surface area (Å²) in [6.45, 7) is 9.09. The van der Waals surface area contributed by atoms with Gasteiger partial charge < -0.3 is 15.7 Å². The van der Waals surface area contributed by atoms with Crippen LogP contribution in [0.1, 0.15) is 53.4 Å². The summed E-state index contributed by atoms with van der Waals surface area (Å²) < 4.78 is 0. The molecular weight excluding hydrogens is 244 g/mol. The molecule has 1 fully saturated rings. The highest BCUT2D eigenvalue weighted by atomic mass is 16.4. The lowest BCUT2D eigenvalue weighted by atomic mass is 9.74. The summed E-state index contributed by atoms with van der Waals surface area (Å²) in [5.74, 6) is -0.502. The second-order valence-corrected chi connectivity index (χ2v) is 6.81. The van der Waals surface area contributed by atoms with E-state index < -0.39 is 11.5 Å². The number of rotatable bonds is 5. The van der Waals surface area contributed by atoms with Gasteiger partial charge in [0, 0.05) is 6.54 Å². The number of carbonyl (C=O) groups excluding carboxylic acids is 1. The molecule has 19 heavy (non-hydrogen) atoms. The fourth-order valence-electron chi connectivity index (χ4n) is 2.08. The minimum absolute atomic E-state index is 0.00917. The molecule has 5 nitrogen and oxygen atoms in total. The van der Waals surface area contributed by atoms with Gasteiger partial charge in [0.2, 0.25) is 0 Å². The molecule has 0 saturated heterocycles. The molecule has 1 atom stereocenters. The number of aliphatic carboxylic acids is 1. The second kappa shape index (κ2) is 5.80. The van der Waals surface area contributed by atoms with Gasteiger partial charge in [-0.15, -0.1) is 0 Å². The quantitative estimate of drug-likeness (QED) is 0.717. The lowest BCUT2D eigenvalue weighted by Crippen LogP contribution is -2.57. The number of carboxylic acids is 1. The molecule has 1 aliphatic rings. The number of nitrogens with one attached hydrogen (secondary N) is 2. The maximum absolute atomic E-state index is 11.8. The Kier molecular flexibility index (Phi) is 4.82. The van der Waals surface area contributed by atoms with Crippen molar-refractivity contribution in [3.05, 3.63) is 0 Å². The molecule has 1 unspecified atom stereocenters. The average Bonchev–Trinajstić information content (AvgIpc) is 2.20. The zero-order valence-corrected chi connectivity index (χ0v) is 12.4. The number of hydrogen-bond donors (Lipinski definition) is 3. The Morgan fingerprint density at radius 3 is 2.26 bits per heavy atom. The molecule has 3 N–H and O–H groups in total. The van der Waals surface area contributed by atoms with Crippen LogP contribution in [0, 0.1) is 11.3 Å². The van der Waals surface area contributed by atoms with Crippen molar-refractivity contribution in [1.29, 1.82) is 0 Å². The molecule has 0 bridgehead atoms. The van der Waals surface area contributed by atoms with Gasteiger partial charge >= 0.3 is 12.0 Å². The molecular formula is C14H26N2O3. The van der Waals surface area contributed by atoms with Crippen LogP contribution in [0.25, 0.3) is 0 Å². The number of urea groups is 1. The van der Waals surface area contributed by atoms with Crippen LogP contribution >= 0.6 is 0 Å². The third-order valence-corrected chi connectivity index (χ3v) is 4.23. The zero-order valence-electron chi connectivity index (χ0n) is 12.4. The van der Waals surface area contributed by atoms with Gasteiger partial charge in [-0.1, -0.05) is 27.7 Å². The normalized spacial score (nSPS) is 19.2. The number of carboxylic acid groups (broad SMARTS) is 1. The first-order chi connectivity index (χ1) is 8.65. The summed E-state index contributed by atoms with van der Waals surface area (Å²) in [6, 6.07) is -0.253. The highest BCUT2D eigenvalue weighted by Gasteiger charge is 2.40. The monoisotopic (exact) mass is 270 g/mol. The zero-order chi connectivity index (χ0) is 14.7. The van der Waals surface area contributed by atoms with Gasteiger partial charge in [0.1, 0.15) is 0 Å². The predicted molar refractivity (Wildman–Crippen MR) is 74.0 cm³/mol. The highest BCUT2D eigenvalue weighted by Crippen LogP contribution is 2.34. The summed E-state index contributed by atoms with van der Waals surface area (Å²) in [6.07, 6.45) is 2.49. The lowest BCUT2D eigenvalue weighted by molar-refractivity contribution is -0.139. The van der Waals surface area contributed by atoms with Crippen LogP contribution in [0.3, 0.4) is 0 Å². The summed E-state index contributed by atoms with van der Waals surface area (Å²) in [4.78, 5) is 22.7. The van der Waals surface area contributed by atoms with E-state index in [4.69, 9.17) is 5.11 Å². The minimum atomic E-state index is -0.858. The van der Waals surface area contributed by atoms with Crippen LogP contribution in [0.15, 0.2) is 0 Å². The Morgan fingerprint density at radius 2 is 1.89 bits per heavy atom. The van der Waals surface area contributed by atoms with E-state index in [1.54, 1.807) is 0 Å². The molecule has 0 aromatic rings. The van der Waals surface area contributed by atoms with Crippen molar-refractivity contribution >= 4 is 12.0 Å². The van der Waals surface area contributed by atoms with Crippen LogP contribution in [0.2, 0.25) is 0 Å². The lowest BCUT2D eigenvalue weighted by Gasteiger charge is -2.41. The van der Waals surface area contributed by atoms with Gasteiger partial charge in [-0.3, -0.25) is 4.79 Å². The fourth-order valence-corrected chi connectivity index (χ4v) is 2.08. The Morgan fingerprint density at radius 1 is 1.32 bits per heavy atom. The minimum Gasteiger partial charge on any atom is -0.481 e. The Hall–Kier alpha value is -1.26. The molecule has 2 amide bonds. The van der Waals surface area contributed by atoms with Gasteiger partial charge in [-0.05, 0) is 30.6 Å². The molecule has 0 spiro atoms. The highest BCUT2D eigenvalue weighted by molar-refractivity contribution is 5.77. The second-order valence-electron chi connectivity index (χ2n) is 6.81. The molecule has 0 radical (unpaired) electrons. The first-order valence-electron chi connectivity index (χ1n) is 6.92. The van der Waals surface area contributed by atoms with E-state index in [1.165, 1.54) is 0 Å². The number of hydrogen-bond acceptors (Lipinski definition) is 2. The number of carbonyl (C=O) groups is 2. The standard InChI is InChI=1S/C14H26N2O3/c1-10(13(2,3)4)9-15-12(19)16-14(6-5-7-14)8-11(17)18/h10H,5-9H2,1-4H3,(H,17,18)(H2,15,16,19). The molecule has 0 aromatic heterocycles. The van der Waals surface area contributed by atoms with Gasteiger partial charge in [0.25, 0.3) is 0 Å². The van der Waals surface area contributed by atoms with Crippen molar-refractivity contribution in [1.82, 2.24) is 10.6 Å². The molecule has 110 valence electrons. The molecule has 0 heterocycles. The van der Waals surface area contributed by atoms with Crippen LogP contribution in [0.4, 0.5) is 4.79 Å². The van der Waals surface area contributed by atoms with E-state index >= 15 is 0 Å². The molecule has 1 rings (SSSR count). The predicted octanol–water partition coefficient (Wildman–Crippen LogP) is 2.37. The van der Waals surface area contributed by atoms with Crippen molar-refractivity contribution in [2.24, 2.45) is 11.3 Å². The summed E-state index contributed by atoms with van der Waals surface area (Å²) in [5.41, 5.74) is -0.386. The summed E-state index contributed by atoms with van der Waals surface area (Å²) >= 11 is 0. The van der Waals surface area contributed by atoms with E-state index in [0.717, 1.165) is 19.3 Å². The molecule has 1 saturated carbocycles. The molecule has 0 aliphatic heterocycles. The van der Waals surface area contributed by atoms with Gasteiger partial charge in [-0.2, -0.15) is 0 Å². The van der Waals surface area contributed by atoms with Crippen molar-refractivity contribution in [3.8, 4) is 0 Å². The van der Waals surface area contributed by atoms with Crippen LogP contribution in [-0.2, 0) is 4.79 Å². The van der Waals surface area contributed by atoms with Crippen molar-refractivity contribution < 1.29 is 14.7 Å². The van der Waals surface area contributed by atoms with E-state index in [1.807, 2.05) is 0 Å². The topological polar surface area (TPSA) is 78.4 Å².